The van der Waals surface area contributed by atoms with Gasteiger partial charge in [-0.1, -0.05) is 36.4 Å². The van der Waals surface area contributed by atoms with Gasteiger partial charge in [-0.2, -0.15) is 0 Å². The van der Waals surface area contributed by atoms with E-state index in [0.717, 1.165) is 33.5 Å². The van der Waals surface area contributed by atoms with Crippen LogP contribution >= 0.6 is 24.0 Å². The van der Waals surface area contributed by atoms with Crippen LogP contribution in [0.2, 0.25) is 0 Å². The van der Waals surface area contributed by atoms with Gasteiger partial charge in [-0.05, 0) is 23.8 Å². The molecule has 0 bridgehead atoms. The molecule has 0 amide bonds. The van der Waals surface area contributed by atoms with E-state index < -0.39 is 0 Å². The Balaban J connectivity index is 0.00000280. The Morgan fingerprint density at radius 1 is 1.11 bits per heavy atom. The third-order valence-electron chi connectivity index (χ3n) is 4.25. The summed E-state index contributed by atoms with van der Waals surface area (Å²) in [6.45, 7) is 0.979. The van der Waals surface area contributed by atoms with Crippen LogP contribution in [0.1, 0.15) is 11.1 Å². The standard InChI is InChI=1S/C21H25N5O.HI/c1-26(2)20-12-16(17-9-5-7-11-19(17)24-20)13-23-21(22)25-18-10-6-4-8-15(18)14-27-3;/h4-12H,13-14H2,1-3H3,(H3,22,23,25);1H. The van der Waals surface area contributed by atoms with Crippen LogP contribution in [0.4, 0.5) is 11.5 Å². The molecule has 2 aromatic carbocycles. The quantitative estimate of drug-likeness (QED) is 0.310. The van der Waals surface area contributed by atoms with Gasteiger partial charge >= 0.3 is 0 Å². The van der Waals surface area contributed by atoms with Gasteiger partial charge in [-0.3, -0.25) is 0 Å². The molecule has 0 aliphatic heterocycles. The van der Waals surface area contributed by atoms with Gasteiger partial charge in [-0.25, -0.2) is 9.98 Å². The second-order valence-electron chi connectivity index (χ2n) is 6.47. The average Bonchev–Trinajstić information content (AvgIpc) is 2.67. The number of rotatable bonds is 6. The molecular weight excluding hydrogens is 465 g/mol. The summed E-state index contributed by atoms with van der Waals surface area (Å²) in [7, 11) is 5.63. The first-order valence-electron chi connectivity index (χ1n) is 8.78. The van der Waals surface area contributed by atoms with Gasteiger partial charge in [0.15, 0.2) is 5.96 Å². The number of para-hydroxylation sites is 2. The molecule has 1 aromatic heterocycles. The van der Waals surface area contributed by atoms with Crippen molar-refractivity contribution < 1.29 is 4.74 Å². The minimum atomic E-state index is 0. The highest BCUT2D eigenvalue weighted by Gasteiger charge is 2.07. The number of nitrogens with one attached hydrogen (secondary N) is 1. The monoisotopic (exact) mass is 491 g/mol. The normalized spacial score (nSPS) is 11.2. The van der Waals surface area contributed by atoms with E-state index in [9.17, 15) is 0 Å². The Labute approximate surface area is 182 Å². The summed E-state index contributed by atoms with van der Waals surface area (Å²) in [5, 5.41) is 4.26. The van der Waals surface area contributed by atoms with E-state index in [1.165, 1.54) is 0 Å². The van der Waals surface area contributed by atoms with Crippen LogP contribution in [-0.2, 0) is 17.9 Å². The largest absolute Gasteiger partial charge is 0.380 e. The summed E-state index contributed by atoms with van der Waals surface area (Å²) in [4.78, 5) is 11.2. The molecule has 0 atom stereocenters. The molecule has 148 valence electrons. The van der Waals surface area contributed by atoms with Crippen LogP contribution in [0, 0.1) is 0 Å². The third kappa shape index (κ3) is 5.32. The molecule has 0 aliphatic rings. The Bertz CT molecular complexity index is 958. The molecule has 0 spiro atoms. The van der Waals surface area contributed by atoms with Crippen molar-refractivity contribution in [3.05, 3.63) is 65.7 Å². The van der Waals surface area contributed by atoms with E-state index >= 15 is 0 Å². The molecule has 0 fully saturated rings. The fraction of sp³-hybridized carbons (Fsp3) is 0.238. The molecule has 3 N–H and O–H groups in total. The molecule has 6 nitrogen and oxygen atoms in total. The number of nitrogens with zero attached hydrogens (tertiary/aromatic N) is 3. The van der Waals surface area contributed by atoms with Gasteiger partial charge in [0.25, 0.3) is 0 Å². The van der Waals surface area contributed by atoms with Gasteiger partial charge in [0.05, 0.1) is 18.7 Å². The van der Waals surface area contributed by atoms with E-state index in [0.29, 0.717) is 19.1 Å². The molecular formula is C21H26IN5O. The molecule has 3 rings (SSSR count). The highest BCUT2D eigenvalue weighted by Crippen LogP contribution is 2.23. The number of anilines is 2. The smallest absolute Gasteiger partial charge is 0.193 e. The number of pyridine rings is 1. The maximum atomic E-state index is 6.13. The maximum absolute atomic E-state index is 6.13. The van der Waals surface area contributed by atoms with Crippen molar-refractivity contribution in [2.45, 2.75) is 13.2 Å². The molecule has 0 unspecified atom stereocenters. The van der Waals surface area contributed by atoms with Gasteiger partial charge in [-0.15, -0.1) is 24.0 Å². The highest BCUT2D eigenvalue weighted by molar-refractivity contribution is 14.0. The molecule has 0 saturated carbocycles. The lowest BCUT2D eigenvalue weighted by Crippen LogP contribution is -2.23. The Morgan fingerprint density at radius 3 is 2.57 bits per heavy atom. The van der Waals surface area contributed by atoms with Gasteiger partial charge in [0, 0.05) is 37.8 Å². The zero-order valence-corrected chi connectivity index (χ0v) is 18.7. The van der Waals surface area contributed by atoms with Crippen LogP contribution in [-0.4, -0.2) is 32.1 Å². The lowest BCUT2D eigenvalue weighted by atomic mass is 10.1. The predicted molar refractivity (Wildman–Crippen MR) is 128 cm³/mol. The first-order chi connectivity index (χ1) is 13.1. The van der Waals surface area contributed by atoms with Crippen molar-refractivity contribution in [3.63, 3.8) is 0 Å². The van der Waals surface area contributed by atoms with E-state index in [1.807, 2.05) is 61.5 Å². The number of halogens is 1. The number of nitrogens with two attached hydrogens (primary N) is 1. The van der Waals surface area contributed by atoms with Crippen LogP contribution in [0.25, 0.3) is 10.9 Å². The number of benzene rings is 2. The second kappa shape index (κ2) is 10.2. The fourth-order valence-electron chi connectivity index (χ4n) is 2.86. The van der Waals surface area contributed by atoms with E-state index in [1.54, 1.807) is 7.11 Å². The van der Waals surface area contributed by atoms with Crippen LogP contribution in [0.15, 0.2) is 59.6 Å². The number of hydrogen-bond donors (Lipinski definition) is 2. The van der Waals surface area contributed by atoms with Gasteiger partial charge in [0.1, 0.15) is 5.82 Å². The number of methoxy groups -OCH3 is 1. The first-order valence-corrected chi connectivity index (χ1v) is 8.78. The molecule has 3 aromatic rings. The van der Waals surface area contributed by atoms with Crippen LogP contribution < -0.4 is 16.0 Å². The summed E-state index contributed by atoms with van der Waals surface area (Å²) in [6.07, 6.45) is 0. The predicted octanol–water partition coefficient (Wildman–Crippen LogP) is 3.99. The summed E-state index contributed by atoms with van der Waals surface area (Å²) in [6, 6.07) is 18.0. The molecule has 0 saturated heterocycles. The molecule has 0 aliphatic carbocycles. The summed E-state index contributed by atoms with van der Waals surface area (Å²) >= 11 is 0. The van der Waals surface area contributed by atoms with Gasteiger partial charge < -0.3 is 20.7 Å². The number of hydrogen-bond acceptors (Lipinski definition) is 4. The molecule has 1 heterocycles. The number of aliphatic imine (C=N–C) groups is 1. The molecule has 28 heavy (non-hydrogen) atoms. The second-order valence-corrected chi connectivity index (χ2v) is 6.47. The lowest BCUT2D eigenvalue weighted by molar-refractivity contribution is 0.185. The summed E-state index contributed by atoms with van der Waals surface area (Å²) in [5.41, 5.74) is 10.1. The SMILES string of the molecule is COCc1ccccc1NC(N)=NCc1cc(N(C)C)nc2ccccc12.I. The maximum Gasteiger partial charge on any atom is 0.193 e. The topological polar surface area (TPSA) is 75.8 Å². The number of fused-ring (bicyclic) bond motifs is 1. The number of ether oxygens (including phenoxy) is 1. The Kier molecular flexibility index (Phi) is 8.01. The van der Waals surface area contributed by atoms with E-state index in [4.69, 9.17) is 10.5 Å². The summed E-state index contributed by atoms with van der Waals surface area (Å²) < 4.78 is 5.23. The number of guanidine groups is 1. The minimum absolute atomic E-state index is 0. The van der Waals surface area contributed by atoms with Crippen LogP contribution in [0.5, 0.6) is 0 Å². The van der Waals surface area contributed by atoms with Crippen molar-refractivity contribution in [2.24, 2.45) is 10.7 Å². The average molecular weight is 491 g/mol. The number of aromatic nitrogens is 1. The van der Waals surface area contributed by atoms with Crippen LogP contribution in [0.3, 0.4) is 0 Å². The van der Waals surface area contributed by atoms with Crippen molar-refractivity contribution in [2.75, 3.05) is 31.4 Å². The molecule has 0 radical (unpaired) electrons. The Morgan fingerprint density at radius 2 is 1.82 bits per heavy atom. The minimum Gasteiger partial charge on any atom is -0.380 e. The first kappa shape index (κ1) is 21.9. The van der Waals surface area contributed by atoms with Crippen molar-refractivity contribution in [1.29, 1.82) is 0 Å². The summed E-state index contributed by atoms with van der Waals surface area (Å²) in [5.74, 6) is 1.27. The van der Waals surface area contributed by atoms with Crippen molar-refractivity contribution in [1.82, 2.24) is 4.98 Å². The van der Waals surface area contributed by atoms with Crippen molar-refractivity contribution in [3.8, 4) is 0 Å². The zero-order valence-electron chi connectivity index (χ0n) is 16.3. The zero-order chi connectivity index (χ0) is 19.2. The highest BCUT2D eigenvalue weighted by atomic mass is 127. The van der Waals surface area contributed by atoms with E-state index in [2.05, 4.69) is 27.4 Å². The van der Waals surface area contributed by atoms with E-state index in [-0.39, 0.29) is 24.0 Å². The fourth-order valence-corrected chi connectivity index (χ4v) is 2.86. The van der Waals surface area contributed by atoms with Gasteiger partial charge in [0.2, 0.25) is 0 Å². The van der Waals surface area contributed by atoms with Crippen molar-refractivity contribution >= 4 is 52.3 Å². The lowest BCUT2D eigenvalue weighted by Gasteiger charge is -2.15. The third-order valence-corrected chi connectivity index (χ3v) is 4.25. The molecule has 7 heteroatoms. The Hall–Kier alpha value is -2.39.